The Bertz CT molecular complexity index is 545. The van der Waals surface area contributed by atoms with Gasteiger partial charge in [-0.2, -0.15) is 8.78 Å². The van der Waals surface area contributed by atoms with Crippen LogP contribution in [0.15, 0.2) is 29.2 Å². The molecule has 4 nitrogen and oxygen atoms in total. The summed E-state index contributed by atoms with van der Waals surface area (Å²) in [6, 6.07) is 5.23. The third-order valence-electron chi connectivity index (χ3n) is 3.60. The molecule has 1 aromatic carbocycles. The molecule has 1 saturated carbocycles. The average molecular weight is 305 g/mol. The van der Waals surface area contributed by atoms with Crippen molar-refractivity contribution < 1.29 is 22.3 Å². The smallest absolute Gasteiger partial charge is 0.341 e. The fourth-order valence-electron chi connectivity index (χ4n) is 2.37. The second kappa shape index (κ2) is 6.05. The Morgan fingerprint density at radius 2 is 1.90 bits per heavy atom. The summed E-state index contributed by atoms with van der Waals surface area (Å²) in [6.45, 7) is 0.585. The third-order valence-corrected chi connectivity index (χ3v) is 5.00. The van der Waals surface area contributed by atoms with Gasteiger partial charge in [-0.3, -0.25) is 0 Å². The lowest BCUT2D eigenvalue weighted by molar-refractivity contribution is 0.138. The number of nitrogens with one attached hydrogen (secondary N) is 1. The van der Waals surface area contributed by atoms with E-state index in [0.717, 1.165) is 31.4 Å². The molecule has 112 valence electrons. The van der Waals surface area contributed by atoms with Crippen LogP contribution in [-0.4, -0.2) is 31.9 Å². The van der Waals surface area contributed by atoms with Crippen LogP contribution < -0.4 is 5.32 Å². The molecule has 2 N–H and O–H groups in total. The first kappa shape index (κ1) is 15.2. The number of rotatable bonds is 5. The van der Waals surface area contributed by atoms with Crippen LogP contribution in [0.25, 0.3) is 0 Å². The van der Waals surface area contributed by atoms with Gasteiger partial charge in [-0.1, -0.05) is 6.42 Å². The maximum absolute atomic E-state index is 12.4. The fraction of sp³-hybridized carbons (Fsp3) is 0.538. The van der Waals surface area contributed by atoms with Gasteiger partial charge in [0.1, 0.15) is 0 Å². The van der Waals surface area contributed by atoms with Gasteiger partial charge >= 0.3 is 5.76 Å². The Labute approximate surface area is 116 Å². The zero-order valence-corrected chi connectivity index (χ0v) is 11.6. The Hall–Kier alpha value is -1.21. The Kier molecular flexibility index (Phi) is 4.59. The number of benzene rings is 1. The van der Waals surface area contributed by atoms with Crippen LogP contribution in [0.1, 0.15) is 19.3 Å². The number of halogens is 2. The van der Waals surface area contributed by atoms with E-state index in [1.807, 2.05) is 0 Å². The van der Waals surface area contributed by atoms with Gasteiger partial charge in [-0.15, -0.1) is 0 Å². The number of hydrogen-bond donors (Lipinski definition) is 2. The minimum Gasteiger partial charge on any atom is -0.393 e. The van der Waals surface area contributed by atoms with Gasteiger partial charge in [0.25, 0.3) is 0 Å². The first-order valence-corrected chi connectivity index (χ1v) is 8.00. The zero-order chi connectivity index (χ0) is 14.8. The Morgan fingerprint density at radius 3 is 2.40 bits per heavy atom. The molecule has 2 atom stereocenters. The highest BCUT2D eigenvalue weighted by molar-refractivity contribution is 7.91. The summed E-state index contributed by atoms with van der Waals surface area (Å²) < 4.78 is 47.2. The minimum absolute atomic E-state index is 0.180. The molecule has 20 heavy (non-hydrogen) atoms. The van der Waals surface area contributed by atoms with Gasteiger partial charge < -0.3 is 10.4 Å². The monoisotopic (exact) mass is 305 g/mol. The molecular formula is C13H17F2NO3S. The molecule has 2 rings (SSSR count). The van der Waals surface area contributed by atoms with Gasteiger partial charge in [-0.25, -0.2) is 8.42 Å². The van der Waals surface area contributed by atoms with Crippen LogP contribution in [0, 0.1) is 5.92 Å². The molecule has 1 fully saturated rings. The molecule has 0 bridgehead atoms. The molecule has 0 radical (unpaired) electrons. The highest BCUT2D eigenvalue weighted by Gasteiger charge is 2.27. The highest BCUT2D eigenvalue weighted by atomic mass is 32.2. The van der Waals surface area contributed by atoms with Gasteiger partial charge in [0.2, 0.25) is 9.84 Å². The predicted octanol–water partition coefficient (Wildman–Crippen LogP) is 2.26. The quantitative estimate of drug-likeness (QED) is 0.875. The summed E-state index contributed by atoms with van der Waals surface area (Å²) in [7, 11) is -4.53. The highest BCUT2D eigenvalue weighted by Crippen LogP contribution is 2.26. The number of aliphatic hydroxyl groups is 1. The largest absolute Gasteiger partial charge is 0.393 e. The Balaban J connectivity index is 1.98. The van der Waals surface area contributed by atoms with Crippen LogP contribution in [-0.2, 0) is 9.84 Å². The molecule has 0 heterocycles. The molecular weight excluding hydrogens is 288 g/mol. The van der Waals surface area contributed by atoms with E-state index in [2.05, 4.69) is 5.32 Å². The van der Waals surface area contributed by atoms with Crippen molar-refractivity contribution in [2.75, 3.05) is 11.9 Å². The van der Waals surface area contributed by atoms with Crippen molar-refractivity contribution in [1.82, 2.24) is 0 Å². The van der Waals surface area contributed by atoms with E-state index < -0.39 is 15.6 Å². The lowest BCUT2D eigenvalue weighted by Crippen LogP contribution is -2.21. The zero-order valence-electron chi connectivity index (χ0n) is 10.8. The van der Waals surface area contributed by atoms with Crippen molar-refractivity contribution in [3.05, 3.63) is 24.3 Å². The number of sulfone groups is 1. The molecule has 7 heteroatoms. The SMILES string of the molecule is O=S(=O)(c1ccc(NCC2CCCC2O)cc1)C(F)F. The van der Waals surface area contributed by atoms with E-state index in [1.54, 1.807) is 0 Å². The summed E-state index contributed by atoms with van der Waals surface area (Å²) >= 11 is 0. The minimum atomic E-state index is -4.53. The summed E-state index contributed by atoms with van der Waals surface area (Å²) in [6.07, 6.45) is 2.45. The van der Waals surface area contributed by atoms with E-state index >= 15 is 0 Å². The van der Waals surface area contributed by atoms with Crippen molar-refractivity contribution >= 4 is 15.5 Å². The van der Waals surface area contributed by atoms with E-state index in [4.69, 9.17) is 0 Å². The maximum Gasteiger partial charge on any atom is 0.341 e. The first-order valence-electron chi connectivity index (χ1n) is 6.45. The van der Waals surface area contributed by atoms with Gasteiger partial charge in [0.05, 0.1) is 11.0 Å². The van der Waals surface area contributed by atoms with Crippen molar-refractivity contribution in [3.63, 3.8) is 0 Å². The average Bonchev–Trinajstić information content (AvgIpc) is 2.82. The topological polar surface area (TPSA) is 66.4 Å². The maximum atomic E-state index is 12.4. The summed E-state index contributed by atoms with van der Waals surface area (Å²) in [5, 5.41) is 12.8. The van der Waals surface area contributed by atoms with Gasteiger partial charge in [0.15, 0.2) is 0 Å². The Morgan fingerprint density at radius 1 is 1.25 bits per heavy atom. The van der Waals surface area contributed by atoms with Crippen molar-refractivity contribution in [2.24, 2.45) is 5.92 Å². The summed E-state index contributed by atoms with van der Waals surface area (Å²) in [5.41, 5.74) is 0.650. The second-order valence-corrected chi connectivity index (χ2v) is 6.89. The molecule has 2 unspecified atom stereocenters. The van der Waals surface area contributed by atoms with Crippen LogP contribution in [0.5, 0.6) is 0 Å². The number of aliphatic hydroxyl groups excluding tert-OH is 1. The predicted molar refractivity (Wildman–Crippen MR) is 71.5 cm³/mol. The number of alkyl halides is 2. The normalized spacial score (nSPS) is 23.2. The van der Waals surface area contributed by atoms with Gasteiger partial charge in [0, 0.05) is 18.2 Å². The molecule has 0 aromatic heterocycles. The lowest BCUT2D eigenvalue weighted by atomic mass is 10.1. The first-order chi connectivity index (χ1) is 9.41. The van der Waals surface area contributed by atoms with E-state index in [-0.39, 0.29) is 16.9 Å². The van der Waals surface area contributed by atoms with Gasteiger partial charge in [-0.05, 0) is 37.1 Å². The molecule has 0 aliphatic heterocycles. The van der Waals surface area contributed by atoms with Crippen LogP contribution >= 0.6 is 0 Å². The van der Waals surface area contributed by atoms with Crippen LogP contribution in [0.4, 0.5) is 14.5 Å². The third kappa shape index (κ3) is 3.27. The summed E-state index contributed by atoms with van der Waals surface area (Å²) in [5.74, 6) is -3.23. The van der Waals surface area contributed by atoms with E-state index in [9.17, 15) is 22.3 Å². The summed E-state index contributed by atoms with van der Waals surface area (Å²) in [4.78, 5) is -0.390. The van der Waals surface area contributed by atoms with Crippen molar-refractivity contribution in [3.8, 4) is 0 Å². The van der Waals surface area contributed by atoms with Crippen LogP contribution in [0.2, 0.25) is 0 Å². The van der Waals surface area contributed by atoms with Crippen LogP contribution in [0.3, 0.4) is 0 Å². The van der Waals surface area contributed by atoms with E-state index in [0.29, 0.717) is 12.2 Å². The molecule has 1 aliphatic rings. The molecule has 1 aromatic rings. The van der Waals surface area contributed by atoms with Crippen molar-refractivity contribution in [1.29, 1.82) is 0 Å². The molecule has 0 amide bonds. The van der Waals surface area contributed by atoms with E-state index in [1.165, 1.54) is 12.1 Å². The van der Waals surface area contributed by atoms with Crippen molar-refractivity contribution in [2.45, 2.75) is 36.0 Å². The molecule has 0 saturated heterocycles. The standard InChI is InChI=1S/C13H17F2NO3S/c14-13(15)20(18,19)11-6-4-10(5-7-11)16-8-9-2-1-3-12(9)17/h4-7,9,12-13,16-17H,1-3,8H2. The number of anilines is 1. The lowest BCUT2D eigenvalue weighted by Gasteiger charge is -2.16. The number of hydrogen-bond acceptors (Lipinski definition) is 4. The molecule has 1 aliphatic carbocycles. The second-order valence-electron chi connectivity index (χ2n) is 4.97. The molecule has 0 spiro atoms. The fourth-order valence-corrected chi connectivity index (χ4v) is 3.09.